The SMILES string of the molecule is O=CNCCOCCOCCOCCC(=O)NC1CCC(C(=O)NCCOCCNC(=O)c2cc(NC=O)ccn2)CC1. The van der Waals surface area contributed by atoms with E-state index in [9.17, 15) is 24.0 Å². The molecule has 1 aromatic rings. The Morgan fingerprint density at radius 1 is 0.791 bits per heavy atom. The molecule has 240 valence electrons. The quantitative estimate of drug-likeness (QED) is 0.0745. The molecule has 5 N–H and O–H groups in total. The highest BCUT2D eigenvalue weighted by Gasteiger charge is 2.26. The van der Waals surface area contributed by atoms with Crippen LogP contribution in [0.3, 0.4) is 0 Å². The number of pyridine rings is 1. The van der Waals surface area contributed by atoms with E-state index in [1.165, 1.54) is 12.3 Å². The van der Waals surface area contributed by atoms with Crippen molar-refractivity contribution >= 4 is 36.2 Å². The van der Waals surface area contributed by atoms with Crippen LogP contribution in [0.5, 0.6) is 0 Å². The summed E-state index contributed by atoms with van der Waals surface area (Å²) in [6.07, 6.45) is 5.72. The second-order valence-electron chi connectivity index (χ2n) is 9.63. The minimum Gasteiger partial charge on any atom is -0.379 e. The highest BCUT2D eigenvalue weighted by molar-refractivity contribution is 5.93. The van der Waals surface area contributed by atoms with Gasteiger partial charge in [-0.3, -0.25) is 29.0 Å². The van der Waals surface area contributed by atoms with Crippen LogP contribution in [0.15, 0.2) is 18.3 Å². The van der Waals surface area contributed by atoms with Gasteiger partial charge in [-0.15, -0.1) is 0 Å². The molecule has 1 saturated carbocycles. The lowest BCUT2D eigenvalue weighted by molar-refractivity contribution is -0.126. The Kier molecular flexibility index (Phi) is 18.9. The number of aromatic nitrogens is 1. The molecule has 0 aliphatic heterocycles. The average molecular weight is 609 g/mol. The van der Waals surface area contributed by atoms with Gasteiger partial charge >= 0.3 is 0 Å². The van der Waals surface area contributed by atoms with Crippen molar-refractivity contribution in [3.05, 3.63) is 24.0 Å². The highest BCUT2D eigenvalue weighted by Crippen LogP contribution is 2.24. The van der Waals surface area contributed by atoms with Crippen LogP contribution >= 0.6 is 0 Å². The van der Waals surface area contributed by atoms with Gasteiger partial charge in [-0.05, 0) is 37.8 Å². The first-order chi connectivity index (χ1) is 21.0. The van der Waals surface area contributed by atoms with Crippen LogP contribution in [-0.2, 0) is 38.1 Å². The summed E-state index contributed by atoms with van der Waals surface area (Å²) in [6.45, 7) is 4.09. The number of ether oxygens (including phenoxy) is 4. The lowest BCUT2D eigenvalue weighted by Crippen LogP contribution is -2.41. The second kappa shape index (κ2) is 22.9. The molecular weight excluding hydrogens is 564 g/mol. The summed E-state index contributed by atoms with van der Waals surface area (Å²) in [5.74, 6) is -0.562. The molecule has 0 saturated heterocycles. The second-order valence-corrected chi connectivity index (χ2v) is 9.63. The number of amides is 5. The number of nitrogens with one attached hydrogen (secondary N) is 5. The summed E-state index contributed by atoms with van der Waals surface area (Å²) in [6, 6.07) is 3.10. The predicted octanol–water partition coefficient (Wildman–Crippen LogP) is -0.627. The van der Waals surface area contributed by atoms with Gasteiger partial charge in [0.2, 0.25) is 24.6 Å². The van der Waals surface area contributed by atoms with Gasteiger partial charge in [0.25, 0.3) is 5.91 Å². The van der Waals surface area contributed by atoms with Crippen molar-refractivity contribution in [1.29, 1.82) is 0 Å². The first-order valence-electron chi connectivity index (χ1n) is 14.5. The molecule has 5 amide bonds. The molecule has 1 heterocycles. The van der Waals surface area contributed by atoms with Crippen molar-refractivity contribution in [3.63, 3.8) is 0 Å². The summed E-state index contributed by atoms with van der Waals surface area (Å²) in [5, 5.41) is 13.6. The number of carbonyl (C=O) groups excluding carboxylic acids is 5. The Bertz CT molecular complexity index is 976. The third-order valence-electron chi connectivity index (χ3n) is 6.45. The Morgan fingerprint density at radius 2 is 1.42 bits per heavy atom. The monoisotopic (exact) mass is 608 g/mol. The van der Waals surface area contributed by atoms with Crippen molar-refractivity contribution in [2.24, 2.45) is 5.92 Å². The minimum atomic E-state index is -0.381. The largest absolute Gasteiger partial charge is 0.379 e. The number of carbonyl (C=O) groups is 5. The van der Waals surface area contributed by atoms with Gasteiger partial charge in [0.1, 0.15) is 5.69 Å². The van der Waals surface area contributed by atoms with Gasteiger partial charge in [0.15, 0.2) is 0 Å². The molecule has 1 fully saturated rings. The zero-order chi connectivity index (χ0) is 31.0. The van der Waals surface area contributed by atoms with Crippen LogP contribution in [0.2, 0.25) is 0 Å². The molecule has 0 unspecified atom stereocenters. The smallest absolute Gasteiger partial charge is 0.270 e. The Morgan fingerprint density at radius 3 is 2.12 bits per heavy atom. The van der Waals surface area contributed by atoms with Crippen LogP contribution in [0.1, 0.15) is 42.6 Å². The molecule has 1 aliphatic rings. The van der Waals surface area contributed by atoms with Gasteiger partial charge in [0, 0.05) is 49.9 Å². The van der Waals surface area contributed by atoms with Crippen LogP contribution in [0.25, 0.3) is 0 Å². The van der Waals surface area contributed by atoms with Crippen molar-refractivity contribution in [2.75, 3.05) is 77.8 Å². The predicted molar refractivity (Wildman–Crippen MR) is 155 cm³/mol. The lowest BCUT2D eigenvalue weighted by atomic mass is 9.85. The molecule has 15 heteroatoms. The van der Waals surface area contributed by atoms with Crippen LogP contribution in [0, 0.1) is 5.92 Å². The number of anilines is 1. The number of rotatable bonds is 24. The maximum Gasteiger partial charge on any atom is 0.270 e. The average Bonchev–Trinajstić information content (AvgIpc) is 3.01. The normalized spacial score (nSPS) is 16.1. The molecule has 1 aromatic heterocycles. The topological polar surface area (TPSA) is 195 Å². The number of nitrogens with zero attached hydrogens (tertiary/aromatic N) is 1. The Hall–Kier alpha value is -3.66. The van der Waals surface area contributed by atoms with E-state index < -0.39 is 0 Å². The lowest BCUT2D eigenvalue weighted by Gasteiger charge is -2.28. The fourth-order valence-corrected chi connectivity index (χ4v) is 4.23. The summed E-state index contributed by atoms with van der Waals surface area (Å²) in [4.78, 5) is 61.4. The van der Waals surface area contributed by atoms with Gasteiger partial charge in [-0.25, -0.2) is 0 Å². The molecule has 1 aliphatic carbocycles. The van der Waals surface area contributed by atoms with Crippen LogP contribution in [-0.4, -0.2) is 114 Å². The van der Waals surface area contributed by atoms with Crippen molar-refractivity contribution in [2.45, 2.75) is 38.1 Å². The summed E-state index contributed by atoms with van der Waals surface area (Å²) < 4.78 is 21.5. The molecule has 2 rings (SSSR count). The van der Waals surface area contributed by atoms with E-state index in [0.717, 1.165) is 12.8 Å². The van der Waals surface area contributed by atoms with E-state index in [1.54, 1.807) is 6.07 Å². The van der Waals surface area contributed by atoms with Crippen molar-refractivity contribution in [3.8, 4) is 0 Å². The van der Waals surface area contributed by atoms with Gasteiger partial charge < -0.3 is 45.5 Å². The molecule has 0 aromatic carbocycles. The third kappa shape index (κ3) is 16.5. The fourth-order valence-electron chi connectivity index (χ4n) is 4.23. The van der Waals surface area contributed by atoms with Gasteiger partial charge in [0.05, 0.1) is 52.9 Å². The zero-order valence-corrected chi connectivity index (χ0v) is 24.5. The Labute approximate surface area is 251 Å². The van der Waals surface area contributed by atoms with E-state index in [2.05, 4.69) is 31.6 Å². The van der Waals surface area contributed by atoms with Gasteiger partial charge in [-0.1, -0.05) is 0 Å². The summed E-state index contributed by atoms with van der Waals surface area (Å²) in [7, 11) is 0. The van der Waals surface area contributed by atoms with Crippen LogP contribution < -0.4 is 26.6 Å². The summed E-state index contributed by atoms with van der Waals surface area (Å²) >= 11 is 0. The third-order valence-corrected chi connectivity index (χ3v) is 6.45. The first-order valence-corrected chi connectivity index (χ1v) is 14.5. The molecule has 15 nitrogen and oxygen atoms in total. The van der Waals surface area contributed by atoms with E-state index in [4.69, 9.17) is 18.9 Å². The summed E-state index contributed by atoms with van der Waals surface area (Å²) in [5.41, 5.74) is 0.655. The molecule has 0 spiro atoms. The first kappa shape index (κ1) is 35.5. The number of hydrogen-bond acceptors (Lipinski definition) is 10. The fraction of sp³-hybridized carbons (Fsp3) is 0.643. The standard InChI is InChI=1S/C28H44N6O9/c35-20-29-8-12-42-16-18-43-17-15-40-11-6-26(37)34-23-3-1-22(2-4-23)27(38)31-9-13-41-14-10-32-28(39)25-19-24(33-21-36)5-7-30-25/h5,7,19-23H,1-4,6,8-18H2,(H,29,35)(H,31,38)(H,32,39)(H,34,37)(H,30,33,36). The molecular formula is C28H44N6O9. The molecule has 0 radical (unpaired) electrons. The van der Waals surface area contributed by atoms with E-state index in [0.29, 0.717) is 90.7 Å². The van der Waals surface area contributed by atoms with Crippen molar-refractivity contribution in [1.82, 2.24) is 26.3 Å². The van der Waals surface area contributed by atoms with E-state index >= 15 is 0 Å². The Balaban J connectivity index is 1.41. The van der Waals surface area contributed by atoms with E-state index in [-0.39, 0.29) is 54.9 Å². The molecule has 43 heavy (non-hydrogen) atoms. The molecule has 0 atom stereocenters. The highest BCUT2D eigenvalue weighted by atomic mass is 16.5. The number of hydrogen-bond donors (Lipinski definition) is 5. The van der Waals surface area contributed by atoms with E-state index in [1.807, 2.05) is 0 Å². The van der Waals surface area contributed by atoms with Crippen LogP contribution in [0.4, 0.5) is 5.69 Å². The van der Waals surface area contributed by atoms with Gasteiger partial charge in [-0.2, -0.15) is 0 Å². The molecule has 0 bridgehead atoms. The maximum atomic E-state index is 12.5. The minimum absolute atomic E-state index is 0.0198. The zero-order valence-electron chi connectivity index (χ0n) is 24.5. The maximum absolute atomic E-state index is 12.5. The van der Waals surface area contributed by atoms with Crippen molar-refractivity contribution < 1.29 is 42.9 Å².